The van der Waals surface area contributed by atoms with Crippen LogP contribution in [0, 0.1) is 5.82 Å². The van der Waals surface area contributed by atoms with E-state index in [0.717, 1.165) is 6.92 Å². The molecule has 2 N–H and O–H groups in total. The fourth-order valence-electron chi connectivity index (χ4n) is 1.97. The lowest BCUT2D eigenvalue weighted by atomic mass is 10.1. The van der Waals surface area contributed by atoms with Crippen molar-refractivity contribution in [2.45, 2.75) is 19.4 Å². The van der Waals surface area contributed by atoms with Crippen molar-refractivity contribution in [3.05, 3.63) is 41.9 Å². The van der Waals surface area contributed by atoms with Crippen molar-refractivity contribution in [2.24, 2.45) is 0 Å². The molecular formula is C17H17FN2O7. The number of aliphatic hydroxyl groups excluding tert-OH is 1. The molecule has 2 aromatic rings. The number of rotatable bonds is 8. The van der Waals surface area contributed by atoms with Gasteiger partial charge in [-0.25, -0.2) is 9.18 Å². The van der Waals surface area contributed by atoms with Gasteiger partial charge in [0.25, 0.3) is 5.91 Å². The highest BCUT2D eigenvalue weighted by molar-refractivity contribution is 5.92. The average molecular weight is 380 g/mol. The van der Waals surface area contributed by atoms with Crippen LogP contribution in [-0.4, -0.2) is 47.6 Å². The van der Waals surface area contributed by atoms with Crippen molar-refractivity contribution in [1.82, 2.24) is 10.5 Å². The first-order valence-corrected chi connectivity index (χ1v) is 7.86. The van der Waals surface area contributed by atoms with Gasteiger partial charge in [0.2, 0.25) is 12.6 Å². The summed E-state index contributed by atoms with van der Waals surface area (Å²) < 4.78 is 27.5. The van der Waals surface area contributed by atoms with Gasteiger partial charge in [0.15, 0.2) is 6.10 Å². The Morgan fingerprint density at radius 2 is 2.04 bits per heavy atom. The average Bonchev–Trinajstić information content (AvgIpc) is 3.11. The molecule has 0 aliphatic heterocycles. The van der Waals surface area contributed by atoms with Gasteiger partial charge in [0, 0.05) is 31.5 Å². The molecular weight excluding hydrogens is 363 g/mol. The molecule has 0 bridgehead atoms. The third-order valence-corrected chi connectivity index (χ3v) is 3.32. The summed E-state index contributed by atoms with van der Waals surface area (Å²) in [4.78, 5) is 33.9. The van der Waals surface area contributed by atoms with Crippen LogP contribution >= 0.6 is 0 Å². The zero-order valence-electron chi connectivity index (χ0n) is 14.3. The molecule has 1 amide bonds. The van der Waals surface area contributed by atoms with Gasteiger partial charge in [-0.1, -0.05) is 17.3 Å². The van der Waals surface area contributed by atoms with Crippen LogP contribution in [0.15, 0.2) is 34.9 Å². The fraction of sp³-hybridized carbons (Fsp3) is 0.294. The fourth-order valence-corrected chi connectivity index (χ4v) is 1.97. The van der Waals surface area contributed by atoms with E-state index in [2.05, 4.69) is 19.9 Å². The maximum atomic E-state index is 13.7. The quantitative estimate of drug-likeness (QED) is 0.513. The van der Waals surface area contributed by atoms with Crippen molar-refractivity contribution in [3.8, 4) is 11.3 Å². The minimum absolute atomic E-state index is 0.0710. The van der Waals surface area contributed by atoms with E-state index in [1.54, 1.807) is 6.07 Å². The number of benzene rings is 1. The zero-order chi connectivity index (χ0) is 19.8. The third-order valence-electron chi connectivity index (χ3n) is 3.32. The molecule has 144 valence electrons. The molecule has 1 unspecified atom stereocenters. The molecule has 9 nitrogen and oxygen atoms in total. The summed E-state index contributed by atoms with van der Waals surface area (Å²) in [6, 6.07) is 7.17. The molecule has 0 radical (unpaired) electrons. The number of carbonyl (C=O) groups is 3. The largest absolute Gasteiger partial charge is 0.428 e. The van der Waals surface area contributed by atoms with Gasteiger partial charge in [-0.15, -0.1) is 0 Å². The number of carbonyl (C=O) groups excluding carboxylic acids is 3. The van der Waals surface area contributed by atoms with Gasteiger partial charge >= 0.3 is 11.9 Å². The molecule has 1 aromatic heterocycles. The molecule has 1 atom stereocenters. The van der Waals surface area contributed by atoms with Crippen molar-refractivity contribution in [2.75, 3.05) is 13.3 Å². The van der Waals surface area contributed by atoms with Crippen LogP contribution in [0.3, 0.4) is 0 Å². The van der Waals surface area contributed by atoms with Crippen LogP contribution in [-0.2, 0) is 19.1 Å². The summed E-state index contributed by atoms with van der Waals surface area (Å²) in [6.45, 7) is 0.466. The lowest BCUT2D eigenvalue weighted by Gasteiger charge is -2.10. The molecule has 10 heteroatoms. The molecule has 0 fully saturated rings. The second-order valence-electron chi connectivity index (χ2n) is 5.33. The first kappa shape index (κ1) is 20.0. The van der Waals surface area contributed by atoms with E-state index in [1.165, 1.54) is 24.3 Å². The van der Waals surface area contributed by atoms with Gasteiger partial charge in [0.05, 0.1) is 0 Å². The highest BCUT2D eigenvalue weighted by atomic mass is 19.1. The standard InChI is InChI=1S/C17H17FN2O7/c1-10(21)25-9-26-17(24)14(22)6-7-19-16(23)15-8-13(20-27-15)11-4-2-3-5-12(11)18/h2-5,8,14,22H,6-7,9H2,1H3,(H,19,23). The number of halogens is 1. The van der Waals surface area contributed by atoms with E-state index in [-0.39, 0.29) is 30.0 Å². The van der Waals surface area contributed by atoms with Crippen molar-refractivity contribution < 1.29 is 37.9 Å². The minimum atomic E-state index is -1.51. The van der Waals surface area contributed by atoms with Crippen LogP contribution in [0.4, 0.5) is 4.39 Å². The zero-order valence-corrected chi connectivity index (χ0v) is 14.3. The van der Waals surface area contributed by atoms with Gasteiger partial charge in [0.1, 0.15) is 11.5 Å². The van der Waals surface area contributed by atoms with Crippen molar-refractivity contribution >= 4 is 17.8 Å². The maximum absolute atomic E-state index is 13.7. The summed E-state index contributed by atoms with van der Waals surface area (Å²) in [5, 5.41) is 15.7. The molecule has 0 spiro atoms. The van der Waals surface area contributed by atoms with Crippen LogP contribution in [0.5, 0.6) is 0 Å². The molecule has 1 aromatic carbocycles. The molecule has 2 rings (SSSR count). The number of nitrogens with one attached hydrogen (secondary N) is 1. The summed E-state index contributed by atoms with van der Waals surface area (Å²) in [6.07, 6.45) is -1.65. The highest BCUT2D eigenvalue weighted by Gasteiger charge is 2.19. The van der Waals surface area contributed by atoms with Gasteiger partial charge in [-0.05, 0) is 12.1 Å². The third kappa shape index (κ3) is 5.89. The van der Waals surface area contributed by atoms with Crippen LogP contribution in [0.2, 0.25) is 0 Å². The van der Waals surface area contributed by atoms with Crippen molar-refractivity contribution in [3.63, 3.8) is 0 Å². The van der Waals surface area contributed by atoms with Gasteiger partial charge < -0.3 is 24.4 Å². The monoisotopic (exact) mass is 380 g/mol. The summed E-state index contributed by atoms with van der Waals surface area (Å²) in [5.41, 5.74) is 0.346. The van der Waals surface area contributed by atoms with E-state index in [9.17, 15) is 23.9 Å². The Hall–Kier alpha value is -3.27. The van der Waals surface area contributed by atoms with Crippen LogP contribution < -0.4 is 5.32 Å². The Balaban J connectivity index is 1.80. The number of hydrogen-bond acceptors (Lipinski definition) is 8. The number of esters is 2. The number of ether oxygens (including phenoxy) is 2. The van der Waals surface area contributed by atoms with E-state index in [0.29, 0.717) is 0 Å². The highest BCUT2D eigenvalue weighted by Crippen LogP contribution is 2.21. The first-order chi connectivity index (χ1) is 12.9. The number of hydrogen-bond donors (Lipinski definition) is 2. The number of aromatic nitrogens is 1. The smallest absolute Gasteiger partial charge is 0.337 e. The minimum Gasteiger partial charge on any atom is -0.428 e. The van der Waals surface area contributed by atoms with E-state index in [1.807, 2.05) is 0 Å². The van der Waals surface area contributed by atoms with E-state index < -0.39 is 36.6 Å². The molecule has 27 heavy (non-hydrogen) atoms. The summed E-state index contributed by atoms with van der Waals surface area (Å²) in [5.74, 6) is -2.93. The number of aliphatic hydroxyl groups is 1. The normalized spacial score (nSPS) is 11.5. The Kier molecular flexibility index (Phi) is 7.00. The van der Waals surface area contributed by atoms with E-state index >= 15 is 0 Å². The van der Waals surface area contributed by atoms with Crippen molar-refractivity contribution in [1.29, 1.82) is 0 Å². The molecule has 1 heterocycles. The molecule has 0 aliphatic carbocycles. The second-order valence-corrected chi connectivity index (χ2v) is 5.33. The lowest BCUT2D eigenvalue weighted by Crippen LogP contribution is -2.31. The van der Waals surface area contributed by atoms with Crippen LogP contribution in [0.1, 0.15) is 23.9 Å². The molecule has 0 saturated carbocycles. The molecule has 0 aliphatic rings. The summed E-state index contributed by atoms with van der Waals surface area (Å²) >= 11 is 0. The Labute approximate surface area is 153 Å². The van der Waals surface area contributed by atoms with E-state index in [4.69, 9.17) is 4.52 Å². The predicted octanol–water partition coefficient (Wildman–Crippen LogP) is 1.03. The maximum Gasteiger partial charge on any atom is 0.337 e. The Morgan fingerprint density at radius 1 is 1.30 bits per heavy atom. The summed E-state index contributed by atoms with van der Waals surface area (Å²) in [7, 11) is 0. The Morgan fingerprint density at radius 3 is 2.74 bits per heavy atom. The lowest BCUT2D eigenvalue weighted by molar-refractivity contribution is -0.172. The Bertz CT molecular complexity index is 821. The number of nitrogens with zero attached hydrogens (tertiary/aromatic N) is 1. The first-order valence-electron chi connectivity index (χ1n) is 7.86. The molecule has 0 saturated heterocycles. The predicted molar refractivity (Wildman–Crippen MR) is 87.6 cm³/mol. The number of amides is 1. The second kappa shape index (κ2) is 9.43. The van der Waals surface area contributed by atoms with Gasteiger partial charge in [-0.2, -0.15) is 0 Å². The SMILES string of the molecule is CC(=O)OCOC(=O)C(O)CCNC(=O)c1cc(-c2ccccc2F)no1. The topological polar surface area (TPSA) is 128 Å². The van der Waals surface area contributed by atoms with Gasteiger partial charge in [-0.3, -0.25) is 9.59 Å². The van der Waals surface area contributed by atoms with Crippen LogP contribution in [0.25, 0.3) is 11.3 Å².